The van der Waals surface area contributed by atoms with Crippen molar-refractivity contribution in [3.05, 3.63) is 239 Å². The van der Waals surface area contributed by atoms with Gasteiger partial charge >= 0.3 is 0 Å². The predicted molar refractivity (Wildman–Crippen MR) is 292 cm³/mol. The lowest BCUT2D eigenvalue weighted by molar-refractivity contribution is 0.239. The molecular formula is C67H63N3. The Morgan fingerprint density at radius 3 is 2.26 bits per heavy atom. The van der Waals surface area contributed by atoms with Gasteiger partial charge in [0.05, 0.1) is 11.7 Å². The summed E-state index contributed by atoms with van der Waals surface area (Å²) in [6.45, 7) is 4.83. The topological polar surface area (TPSA) is 11.4 Å². The molecule has 0 amide bonds. The van der Waals surface area contributed by atoms with Crippen LogP contribution in [0.4, 0.5) is 28.4 Å². The standard InChI is InChI=1S/C67H63N3/c1-44-35-38-51-46(41-44)20-17-33-62(51)68(47-21-5-3-6-22-47)50-36-39-53-52-25-10-13-28-57(52)67(60(53)43-50)58-29-14-11-27-55(58)66-59(67)30-18-34-65(66)69(48-23-7-4-8-24-48)49-37-40-64-56(42-49)54-26-12-16-32-63(54)70(64)61-31-15-9-19-45(61)2/h3-11,13-14,16-25,27-30,32-34,36-37,39-40,42,44-45,50,53,55,58,60-61H,12,15,26,31,35,38,41,43H2,1-2H3. The first-order chi connectivity index (χ1) is 34.6. The van der Waals surface area contributed by atoms with E-state index < -0.39 is 0 Å². The fourth-order valence-electron chi connectivity index (χ4n) is 15.3. The third kappa shape index (κ3) is 6.25. The van der Waals surface area contributed by atoms with E-state index in [2.05, 4.69) is 229 Å². The van der Waals surface area contributed by atoms with Crippen LogP contribution in [0.15, 0.2) is 194 Å². The lowest BCUT2D eigenvalue weighted by Crippen LogP contribution is -2.44. The number of fused-ring (bicyclic) bond motifs is 14. The van der Waals surface area contributed by atoms with Crippen molar-refractivity contribution >= 4 is 45.4 Å². The van der Waals surface area contributed by atoms with Gasteiger partial charge in [-0.25, -0.2) is 0 Å². The van der Waals surface area contributed by atoms with Gasteiger partial charge < -0.3 is 14.4 Å². The van der Waals surface area contributed by atoms with Gasteiger partial charge in [-0.2, -0.15) is 0 Å². The highest BCUT2D eigenvalue weighted by Gasteiger charge is 2.63. The maximum absolute atomic E-state index is 2.74. The first-order valence-electron chi connectivity index (χ1n) is 26.6. The third-order valence-electron chi connectivity index (χ3n) is 18.2. The zero-order valence-electron chi connectivity index (χ0n) is 40.7. The molecule has 0 radical (unpaired) electrons. The molecule has 9 unspecified atom stereocenters. The molecule has 0 saturated heterocycles. The summed E-state index contributed by atoms with van der Waals surface area (Å²) in [7, 11) is 0. The molecule has 3 nitrogen and oxygen atoms in total. The molecule has 0 saturated carbocycles. The number of aryl methyl sites for hydroxylation is 1. The van der Waals surface area contributed by atoms with Crippen LogP contribution >= 0.6 is 0 Å². The van der Waals surface area contributed by atoms with E-state index in [1.807, 2.05) is 0 Å². The average molecular weight is 910 g/mol. The van der Waals surface area contributed by atoms with Crippen LogP contribution in [0.3, 0.4) is 0 Å². The van der Waals surface area contributed by atoms with E-state index >= 15 is 0 Å². The Labute approximate surface area is 414 Å². The van der Waals surface area contributed by atoms with Crippen LogP contribution in [0.5, 0.6) is 0 Å². The van der Waals surface area contributed by atoms with Crippen LogP contribution in [0.25, 0.3) is 17.0 Å². The minimum absolute atomic E-state index is 0.197. The molecule has 1 spiro atoms. The maximum atomic E-state index is 2.74. The molecule has 0 N–H and O–H groups in total. The highest BCUT2D eigenvalue weighted by molar-refractivity contribution is 5.94. The molecule has 7 aliphatic carbocycles. The molecule has 0 aliphatic heterocycles. The van der Waals surface area contributed by atoms with E-state index in [0.29, 0.717) is 23.8 Å². The van der Waals surface area contributed by atoms with E-state index in [-0.39, 0.29) is 23.3 Å². The summed E-state index contributed by atoms with van der Waals surface area (Å²) in [4.78, 5) is 5.35. The smallest absolute Gasteiger partial charge is 0.0526 e. The Balaban J connectivity index is 0.951. The van der Waals surface area contributed by atoms with Gasteiger partial charge in [-0.05, 0) is 169 Å². The number of para-hydroxylation sites is 2. The molecule has 14 rings (SSSR count). The highest BCUT2D eigenvalue weighted by atomic mass is 15.2. The number of hydrogen-bond donors (Lipinski definition) is 0. The van der Waals surface area contributed by atoms with Crippen molar-refractivity contribution in [2.24, 2.45) is 23.7 Å². The number of anilines is 5. The SMILES string of the molecule is CC1CCc2c(cccc2N(c2ccccc2)C2C=CC3c4ccccc4C4(c5cccc(N(c6ccccc6)c6ccc7c(c6)c6c(n7C7CCC=CC7C)C=CCC6)c5C5C=CC=CC54)C3C2)C1. The second kappa shape index (κ2) is 16.7. The van der Waals surface area contributed by atoms with Crippen molar-refractivity contribution in [2.75, 3.05) is 9.80 Å². The molecule has 70 heavy (non-hydrogen) atoms. The van der Waals surface area contributed by atoms with Crippen molar-refractivity contribution in [2.45, 2.75) is 94.5 Å². The van der Waals surface area contributed by atoms with Crippen molar-refractivity contribution in [1.82, 2.24) is 4.57 Å². The number of benzene rings is 6. The molecule has 1 heterocycles. The third-order valence-corrected chi connectivity index (χ3v) is 18.2. The second-order valence-corrected chi connectivity index (χ2v) is 21.8. The molecule has 1 aromatic heterocycles. The number of hydrogen-bond acceptors (Lipinski definition) is 2. The zero-order chi connectivity index (χ0) is 46.5. The number of allylic oxidation sites excluding steroid dienone is 8. The second-order valence-electron chi connectivity index (χ2n) is 21.8. The fourth-order valence-corrected chi connectivity index (χ4v) is 15.3. The van der Waals surface area contributed by atoms with E-state index in [1.54, 1.807) is 5.56 Å². The maximum Gasteiger partial charge on any atom is 0.0526 e. The highest BCUT2D eigenvalue weighted by Crippen LogP contribution is 2.70. The van der Waals surface area contributed by atoms with Crippen LogP contribution in [-0.4, -0.2) is 10.6 Å². The largest absolute Gasteiger partial charge is 0.337 e. The Morgan fingerprint density at radius 2 is 1.39 bits per heavy atom. The van der Waals surface area contributed by atoms with Gasteiger partial charge in [0, 0.05) is 68.6 Å². The molecular weight excluding hydrogens is 847 g/mol. The summed E-state index contributed by atoms with van der Waals surface area (Å²) in [6.07, 6.45) is 33.8. The average Bonchev–Trinajstić information content (AvgIpc) is 4.01. The normalized spacial score (nSPS) is 27.5. The molecule has 9 atom stereocenters. The van der Waals surface area contributed by atoms with E-state index in [9.17, 15) is 0 Å². The predicted octanol–water partition coefficient (Wildman–Crippen LogP) is 16.7. The van der Waals surface area contributed by atoms with Gasteiger partial charge in [0.25, 0.3) is 0 Å². The zero-order valence-corrected chi connectivity index (χ0v) is 40.7. The van der Waals surface area contributed by atoms with E-state index in [1.165, 1.54) is 91.3 Å². The van der Waals surface area contributed by atoms with Gasteiger partial charge in [-0.1, -0.05) is 153 Å². The monoisotopic (exact) mass is 910 g/mol. The molecule has 0 bridgehead atoms. The summed E-state index contributed by atoms with van der Waals surface area (Å²) in [5.74, 6) is 2.38. The summed E-state index contributed by atoms with van der Waals surface area (Å²) in [5, 5.41) is 1.41. The van der Waals surface area contributed by atoms with Crippen LogP contribution in [0.2, 0.25) is 0 Å². The van der Waals surface area contributed by atoms with Gasteiger partial charge in [0.15, 0.2) is 0 Å². The van der Waals surface area contributed by atoms with E-state index in [4.69, 9.17) is 0 Å². The van der Waals surface area contributed by atoms with Gasteiger partial charge in [0.2, 0.25) is 0 Å². The lowest BCUT2D eigenvalue weighted by atomic mass is 9.59. The Morgan fingerprint density at radius 1 is 0.600 bits per heavy atom. The van der Waals surface area contributed by atoms with Crippen molar-refractivity contribution in [3.63, 3.8) is 0 Å². The summed E-state index contributed by atoms with van der Waals surface area (Å²) >= 11 is 0. The van der Waals surface area contributed by atoms with Crippen LogP contribution in [-0.2, 0) is 24.7 Å². The number of rotatable bonds is 7. The first-order valence-corrected chi connectivity index (χ1v) is 26.6. The molecule has 346 valence electrons. The van der Waals surface area contributed by atoms with Gasteiger partial charge in [-0.3, -0.25) is 0 Å². The lowest BCUT2D eigenvalue weighted by Gasteiger charge is -2.46. The summed E-state index contributed by atoms with van der Waals surface area (Å²) in [5.41, 5.74) is 19.6. The number of nitrogens with zero attached hydrogens (tertiary/aromatic N) is 3. The molecule has 3 heteroatoms. The fraction of sp³-hybridized carbons (Fsp3) is 0.284. The van der Waals surface area contributed by atoms with Crippen molar-refractivity contribution in [1.29, 1.82) is 0 Å². The van der Waals surface area contributed by atoms with Gasteiger partial charge in [0.1, 0.15) is 0 Å². The summed E-state index contributed by atoms with van der Waals surface area (Å²) < 4.78 is 2.71. The Bertz CT molecular complexity index is 3330. The quantitative estimate of drug-likeness (QED) is 0.148. The van der Waals surface area contributed by atoms with Crippen molar-refractivity contribution < 1.29 is 0 Å². The minimum atomic E-state index is -0.227. The number of aromatic nitrogens is 1. The van der Waals surface area contributed by atoms with Crippen molar-refractivity contribution in [3.8, 4) is 0 Å². The molecule has 6 aromatic carbocycles. The minimum Gasteiger partial charge on any atom is -0.337 e. The van der Waals surface area contributed by atoms with E-state index in [0.717, 1.165) is 44.4 Å². The van der Waals surface area contributed by atoms with Crippen LogP contribution in [0.1, 0.15) is 108 Å². The Kier molecular flexibility index (Phi) is 10.0. The molecule has 7 aromatic rings. The van der Waals surface area contributed by atoms with Crippen LogP contribution in [0, 0.1) is 23.7 Å². The molecule has 0 fully saturated rings. The molecule has 7 aliphatic rings. The Hall–Kier alpha value is -6.84. The first kappa shape index (κ1) is 42.1. The summed E-state index contributed by atoms with van der Waals surface area (Å²) in [6, 6.07) is 54.8. The van der Waals surface area contributed by atoms with Crippen LogP contribution < -0.4 is 9.80 Å². The van der Waals surface area contributed by atoms with Gasteiger partial charge in [-0.15, -0.1) is 0 Å².